The van der Waals surface area contributed by atoms with Gasteiger partial charge in [-0.3, -0.25) is 0 Å². The predicted octanol–water partition coefficient (Wildman–Crippen LogP) is 5.00. The molecule has 1 N–H and O–H groups in total. The molecule has 1 aromatic heterocycles. The van der Waals surface area contributed by atoms with Gasteiger partial charge in [0, 0.05) is 0 Å². The second kappa shape index (κ2) is 6.66. The molecule has 0 fully saturated rings. The third-order valence-electron chi connectivity index (χ3n) is 2.74. The maximum atomic E-state index is 5.73. The number of hydrogen-bond donors (Lipinski definition) is 1. The summed E-state index contributed by atoms with van der Waals surface area (Å²) in [5.74, 6) is 1.76. The van der Waals surface area contributed by atoms with E-state index >= 15 is 0 Å². The van der Waals surface area contributed by atoms with E-state index in [1.807, 2.05) is 36.4 Å². The molecular formula is C15H18BrNO2. The average molecular weight is 324 g/mol. The Kier molecular flexibility index (Phi) is 4.91. The van der Waals surface area contributed by atoms with Gasteiger partial charge in [-0.1, -0.05) is 19.1 Å². The van der Waals surface area contributed by atoms with Crippen molar-refractivity contribution in [1.29, 1.82) is 0 Å². The molecule has 0 bridgehead atoms. The van der Waals surface area contributed by atoms with Gasteiger partial charge in [-0.25, -0.2) is 0 Å². The molecule has 0 aliphatic heterocycles. The van der Waals surface area contributed by atoms with Crippen LogP contribution in [0.15, 0.2) is 45.5 Å². The van der Waals surface area contributed by atoms with E-state index < -0.39 is 0 Å². The Morgan fingerprint density at radius 2 is 2.05 bits per heavy atom. The number of para-hydroxylation sites is 2. The van der Waals surface area contributed by atoms with Crippen molar-refractivity contribution in [1.82, 2.24) is 0 Å². The Morgan fingerprint density at radius 3 is 2.74 bits per heavy atom. The minimum atomic E-state index is 0.0812. The Balaban J connectivity index is 2.09. The minimum Gasteiger partial charge on any atom is -0.491 e. The lowest BCUT2D eigenvalue weighted by Crippen LogP contribution is -2.07. The zero-order valence-corrected chi connectivity index (χ0v) is 12.7. The van der Waals surface area contributed by atoms with E-state index in [2.05, 4.69) is 35.1 Å². The van der Waals surface area contributed by atoms with Crippen molar-refractivity contribution >= 4 is 21.6 Å². The number of hydrogen-bond acceptors (Lipinski definition) is 3. The predicted molar refractivity (Wildman–Crippen MR) is 80.7 cm³/mol. The van der Waals surface area contributed by atoms with Gasteiger partial charge in [0.15, 0.2) is 4.67 Å². The van der Waals surface area contributed by atoms with Gasteiger partial charge in [0.25, 0.3) is 0 Å². The Morgan fingerprint density at radius 1 is 1.26 bits per heavy atom. The highest BCUT2D eigenvalue weighted by Crippen LogP contribution is 2.29. The van der Waals surface area contributed by atoms with Crippen LogP contribution >= 0.6 is 15.9 Å². The average Bonchev–Trinajstić information content (AvgIpc) is 2.84. The van der Waals surface area contributed by atoms with Gasteiger partial charge >= 0.3 is 0 Å². The fraction of sp³-hybridized carbons (Fsp3) is 0.333. The Hall–Kier alpha value is -1.42. The van der Waals surface area contributed by atoms with Crippen LogP contribution in [0.4, 0.5) is 5.69 Å². The van der Waals surface area contributed by atoms with Gasteiger partial charge in [-0.05, 0) is 53.5 Å². The van der Waals surface area contributed by atoms with Gasteiger partial charge in [0.05, 0.1) is 18.3 Å². The standard InChI is InChI=1S/C15H18BrNO2/c1-3-10-18-14-7-5-4-6-12(14)17-11(2)13-8-9-15(16)19-13/h4-9,11,17H,3,10H2,1-2H3. The van der Waals surface area contributed by atoms with Crippen molar-refractivity contribution in [2.24, 2.45) is 0 Å². The molecule has 2 rings (SSSR count). The smallest absolute Gasteiger partial charge is 0.169 e. The molecule has 0 aliphatic carbocycles. The molecule has 19 heavy (non-hydrogen) atoms. The van der Waals surface area contributed by atoms with Crippen LogP contribution in [0, 0.1) is 0 Å². The summed E-state index contributed by atoms with van der Waals surface area (Å²) >= 11 is 3.32. The van der Waals surface area contributed by atoms with Crippen LogP contribution in [0.25, 0.3) is 0 Å². The summed E-state index contributed by atoms with van der Waals surface area (Å²) in [6.07, 6.45) is 0.995. The lowest BCUT2D eigenvalue weighted by atomic mass is 10.2. The first-order chi connectivity index (χ1) is 9.20. The van der Waals surface area contributed by atoms with Crippen LogP contribution in [0.1, 0.15) is 32.1 Å². The highest BCUT2D eigenvalue weighted by molar-refractivity contribution is 9.10. The topological polar surface area (TPSA) is 34.4 Å². The largest absolute Gasteiger partial charge is 0.491 e. The second-order valence-corrected chi connectivity index (χ2v) is 5.13. The highest BCUT2D eigenvalue weighted by atomic mass is 79.9. The molecule has 3 nitrogen and oxygen atoms in total. The number of halogens is 1. The van der Waals surface area contributed by atoms with Gasteiger partial charge in [-0.15, -0.1) is 0 Å². The molecule has 1 atom stereocenters. The normalized spacial score (nSPS) is 12.2. The number of benzene rings is 1. The molecule has 0 amide bonds. The number of nitrogens with one attached hydrogen (secondary N) is 1. The Bertz CT molecular complexity index is 524. The molecular weight excluding hydrogens is 306 g/mol. The number of rotatable bonds is 6. The van der Waals surface area contributed by atoms with E-state index in [0.29, 0.717) is 0 Å². The fourth-order valence-electron chi connectivity index (χ4n) is 1.79. The van der Waals surface area contributed by atoms with Gasteiger partial charge in [-0.2, -0.15) is 0 Å². The van der Waals surface area contributed by atoms with Crippen molar-refractivity contribution < 1.29 is 9.15 Å². The van der Waals surface area contributed by atoms with E-state index in [4.69, 9.17) is 9.15 Å². The Labute approximate surface area is 122 Å². The summed E-state index contributed by atoms with van der Waals surface area (Å²) in [5.41, 5.74) is 0.982. The summed E-state index contributed by atoms with van der Waals surface area (Å²) in [6.45, 7) is 4.88. The molecule has 0 aliphatic rings. The maximum Gasteiger partial charge on any atom is 0.169 e. The van der Waals surface area contributed by atoms with Crippen molar-refractivity contribution in [3.63, 3.8) is 0 Å². The van der Waals surface area contributed by atoms with Crippen LogP contribution in [0.2, 0.25) is 0 Å². The molecule has 0 radical (unpaired) electrons. The van der Waals surface area contributed by atoms with Gasteiger partial charge in [0.2, 0.25) is 0 Å². The van der Waals surface area contributed by atoms with E-state index in [9.17, 15) is 0 Å². The third-order valence-corrected chi connectivity index (χ3v) is 3.17. The minimum absolute atomic E-state index is 0.0812. The number of ether oxygens (including phenoxy) is 1. The summed E-state index contributed by atoms with van der Waals surface area (Å²) in [6, 6.07) is 11.9. The number of furan rings is 1. The molecule has 4 heteroatoms. The molecule has 2 aromatic rings. The summed E-state index contributed by atoms with van der Waals surface area (Å²) in [4.78, 5) is 0. The molecule has 0 saturated carbocycles. The van der Waals surface area contributed by atoms with Crippen LogP contribution in [-0.2, 0) is 0 Å². The molecule has 1 heterocycles. The zero-order chi connectivity index (χ0) is 13.7. The van der Waals surface area contributed by atoms with Crippen LogP contribution in [-0.4, -0.2) is 6.61 Å². The highest BCUT2D eigenvalue weighted by Gasteiger charge is 2.12. The molecule has 1 aromatic carbocycles. The first-order valence-corrected chi connectivity index (χ1v) is 7.23. The van der Waals surface area contributed by atoms with E-state index in [1.54, 1.807) is 0 Å². The maximum absolute atomic E-state index is 5.73. The summed E-state index contributed by atoms with van der Waals surface area (Å²) < 4.78 is 12.0. The van der Waals surface area contributed by atoms with Crippen LogP contribution in [0.3, 0.4) is 0 Å². The first kappa shape index (κ1) is 14.0. The summed E-state index contributed by atoms with van der Waals surface area (Å²) in [7, 11) is 0. The third kappa shape index (κ3) is 3.77. The molecule has 0 saturated heterocycles. The van der Waals surface area contributed by atoms with Crippen LogP contribution in [0.5, 0.6) is 5.75 Å². The summed E-state index contributed by atoms with van der Waals surface area (Å²) in [5, 5.41) is 3.41. The van der Waals surface area contributed by atoms with E-state index in [1.165, 1.54) is 0 Å². The second-order valence-electron chi connectivity index (χ2n) is 4.35. The number of anilines is 1. The van der Waals surface area contributed by atoms with Crippen molar-refractivity contribution in [2.75, 3.05) is 11.9 Å². The first-order valence-electron chi connectivity index (χ1n) is 6.44. The van der Waals surface area contributed by atoms with Crippen molar-refractivity contribution in [3.8, 4) is 5.75 Å². The quantitative estimate of drug-likeness (QED) is 0.811. The van der Waals surface area contributed by atoms with Gasteiger partial charge < -0.3 is 14.5 Å². The molecule has 0 spiro atoms. The molecule has 102 valence electrons. The lowest BCUT2D eigenvalue weighted by Gasteiger charge is -2.16. The lowest BCUT2D eigenvalue weighted by molar-refractivity contribution is 0.318. The van der Waals surface area contributed by atoms with Crippen LogP contribution < -0.4 is 10.1 Å². The SMILES string of the molecule is CCCOc1ccccc1NC(C)c1ccc(Br)o1. The zero-order valence-electron chi connectivity index (χ0n) is 11.2. The fourth-order valence-corrected chi connectivity index (χ4v) is 2.11. The van der Waals surface area contributed by atoms with Crippen molar-refractivity contribution in [3.05, 3.63) is 46.8 Å². The van der Waals surface area contributed by atoms with E-state index in [-0.39, 0.29) is 6.04 Å². The van der Waals surface area contributed by atoms with Crippen molar-refractivity contribution in [2.45, 2.75) is 26.3 Å². The van der Waals surface area contributed by atoms with Gasteiger partial charge in [0.1, 0.15) is 11.5 Å². The molecule has 1 unspecified atom stereocenters. The monoisotopic (exact) mass is 323 g/mol. The van der Waals surface area contributed by atoms with E-state index in [0.717, 1.165) is 34.9 Å².